The Kier molecular flexibility index (Phi) is 5.78. The number of hydrogen-bond acceptors (Lipinski definition) is 2. The van der Waals surface area contributed by atoms with Gasteiger partial charge in [0.25, 0.3) is 0 Å². The number of rotatable bonds is 6. The molecule has 1 aromatic carbocycles. The zero-order valence-corrected chi connectivity index (χ0v) is 12.3. The van der Waals surface area contributed by atoms with Gasteiger partial charge in [-0.3, -0.25) is 9.59 Å². The minimum Gasteiger partial charge on any atom is -0.481 e. The van der Waals surface area contributed by atoms with Crippen molar-refractivity contribution in [2.75, 3.05) is 6.54 Å². The summed E-state index contributed by atoms with van der Waals surface area (Å²) in [6.07, 6.45) is 4.85. The molecule has 1 fully saturated rings. The summed E-state index contributed by atoms with van der Waals surface area (Å²) in [6.45, 7) is 0.491. The van der Waals surface area contributed by atoms with Gasteiger partial charge in [0.1, 0.15) is 0 Å². The van der Waals surface area contributed by atoms with Crippen LogP contribution in [0.4, 0.5) is 0 Å². The first kappa shape index (κ1) is 15.5. The number of carbonyl (C=O) groups is 2. The Morgan fingerprint density at radius 2 is 1.86 bits per heavy atom. The van der Waals surface area contributed by atoms with Crippen LogP contribution >= 0.6 is 0 Å². The lowest BCUT2D eigenvalue weighted by molar-refractivity contribution is -0.145. The van der Waals surface area contributed by atoms with E-state index in [0.29, 0.717) is 13.0 Å². The molecule has 2 atom stereocenters. The monoisotopic (exact) mass is 289 g/mol. The zero-order chi connectivity index (χ0) is 15.1. The van der Waals surface area contributed by atoms with Crippen LogP contribution in [0.3, 0.4) is 0 Å². The highest BCUT2D eigenvalue weighted by atomic mass is 16.4. The van der Waals surface area contributed by atoms with Crippen molar-refractivity contribution in [2.45, 2.75) is 38.5 Å². The molecule has 1 aromatic rings. The highest BCUT2D eigenvalue weighted by molar-refractivity contribution is 5.76. The molecule has 0 heterocycles. The maximum atomic E-state index is 11.9. The van der Waals surface area contributed by atoms with E-state index in [2.05, 4.69) is 5.32 Å². The van der Waals surface area contributed by atoms with Crippen molar-refractivity contribution in [3.05, 3.63) is 35.9 Å². The SMILES string of the molecule is O=C(CCc1ccccc1)NC[C@@H]1CCCC[C@@H]1C(=O)O. The van der Waals surface area contributed by atoms with Gasteiger partial charge in [-0.15, -0.1) is 0 Å². The Morgan fingerprint density at radius 1 is 1.14 bits per heavy atom. The quantitative estimate of drug-likeness (QED) is 0.846. The maximum absolute atomic E-state index is 11.9. The Hall–Kier alpha value is -1.84. The fourth-order valence-corrected chi connectivity index (χ4v) is 3.01. The molecule has 0 spiro atoms. The molecular weight excluding hydrogens is 266 g/mol. The van der Waals surface area contributed by atoms with Gasteiger partial charge in [-0.2, -0.15) is 0 Å². The molecule has 2 N–H and O–H groups in total. The highest BCUT2D eigenvalue weighted by Gasteiger charge is 2.30. The van der Waals surface area contributed by atoms with E-state index in [9.17, 15) is 14.7 Å². The summed E-state index contributed by atoms with van der Waals surface area (Å²) in [5.74, 6) is -0.933. The second-order valence-electron chi connectivity index (χ2n) is 5.78. The van der Waals surface area contributed by atoms with Crippen LogP contribution in [0, 0.1) is 11.8 Å². The summed E-state index contributed by atoms with van der Waals surface area (Å²) in [4.78, 5) is 23.1. The van der Waals surface area contributed by atoms with Gasteiger partial charge in [-0.1, -0.05) is 43.2 Å². The van der Waals surface area contributed by atoms with Crippen LogP contribution in [-0.4, -0.2) is 23.5 Å². The van der Waals surface area contributed by atoms with Crippen molar-refractivity contribution in [2.24, 2.45) is 11.8 Å². The van der Waals surface area contributed by atoms with Crippen molar-refractivity contribution >= 4 is 11.9 Å². The number of carboxylic acid groups (broad SMARTS) is 1. The largest absolute Gasteiger partial charge is 0.481 e. The molecule has 1 saturated carbocycles. The molecule has 114 valence electrons. The van der Waals surface area contributed by atoms with Crippen molar-refractivity contribution in [1.82, 2.24) is 5.32 Å². The van der Waals surface area contributed by atoms with Gasteiger partial charge in [0, 0.05) is 13.0 Å². The number of hydrogen-bond donors (Lipinski definition) is 2. The average molecular weight is 289 g/mol. The fourth-order valence-electron chi connectivity index (χ4n) is 3.01. The van der Waals surface area contributed by atoms with E-state index >= 15 is 0 Å². The van der Waals surface area contributed by atoms with Crippen LogP contribution in [0.5, 0.6) is 0 Å². The van der Waals surface area contributed by atoms with Crippen molar-refractivity contribution in [1.29, 1.82) is 0 Å². The smallest absolute Gasteiger partial charge is 0.306 e. The van der Waals surface area contributed by atoms with Gasteiger partial charge in [0.05, 0.1) is 5.92 Å². The summed E-state index contributed by atoms with van der Waals surface area (Å²) in [6, 6.07) is 9.90. The van der Waals surface area contributed by atoms with Gasteiger partial charge >= 0.3 is 5.97 Å². The van der Waals surface area contributed by atoms with Gasteiger partial charge < -0.3 is 10.4 Å². The van der Waals surface area contributed by atoms with E-state index in [-0.39, 0.29) is 17.7 Å². The molecule has 0 aliphatic heterocycles. The van der Waals surface area contributed by atoms with E-state index in [4.69, 9.17) is 0 Å². The average Bonchev–Trinajstić information content (AvgIpc) is 2.52. The molecule has 0 bridgehead atoms. The number of carboxylic acids is 1. The first-order chi connectivity index (χ1) is 10.2. The third kappa shape index (κ3) is 4.88. The number of nitrogens with one attached hydrogen (secondary N) is 1. The number of carbonyl (C=O) groups excluding carboxylic acids is 1. The molecule has 1 aliphatic carbocycles. The third-order valence-electron chi connectivity index (χ3n) is 4.27. The lowest BCUT2D eigenvalue weighted by Gasteiger charge is -2.28. The van der Waals surface area contributed by atoms with Crippen molar-refractivity contribution < 1.29 is 14.7 Å². The molecule has 0 saturated heterocycles. The molecule has 1 aliphatic rings. The molecule has 0 unspecified atom stereocenters. The third-order valence-corrected chi connectivity index (χ3v) is 4.27. The van der Waals surface area contributed by atoms with Gasteiger partial charge in [0.15, 0.2) is 0 Å². The summed E-state index contributed by atoms with van der Waals surface area (Å²) >= 11 is 0. The zero-order valence-electron chi connectivity index (χ0n) is 12.3. The summed E-state index contributed by atoms with van der Waals surface area (Å²) < 4.78 is 0. The minimum atomic E-state index is -0.724. The topological polar surface area (TPSA) is 66.4 Å². The van der Waals surface area contributed by atoms with E-state index in [1.165, 1.54) is 0 Å². The molecular formula is C17H23NO3. The second kappa shape index (κ2) is 7.81. The minimum absolute atomic E-state index is 0.00793. The van der Waals surface area contributed by atoms with Gasteiger partial charge in [0.2, 0.25) is 5.91 Å². The molecule has 21 heavy (non-hydrogen) atoms. The number of amides is 1. The molecule has 0 aromatic heterocycles. The Morgan fingerprint density at radius 3 is 2.57 bits per heavy atom. The van der Waals surface area contributed by atoms with Crippen molar-refractivity contribution in [3.63, 3.8) is 0 Å². The molecule has 0 radical (unpaired) electrons. The summed E-state index contributed by atoms with van der Waals surface area (Å²) in [7, 11) is 0. The van der Waals surface area contributed by atoms with E-state index in [0.717, 1.165) is 37.7 Å². The molecule has 1 amide bonds. The molecule has 4 heteroatoms. The molecule has 2 rings (SSSR count). The fraction of sp³-hybridized carbons (Fsp3) is 0.529. The van der Waals surface area contributed by atoms with Crippen LogP contribution in [0.1, 0.15) is 37.7 Å². The highest BCUT2D eigenvalue weighted by Crippen LogP contribution is 2.29. The first-order valence-corrected chi connectivity index (χ1v) is 7.70. The lowest BCUT2D eigenvalue weighted by Crippen LogP contribution is -2.37. The molecule has 4 nitrogen and oxygen atoms in total. The van der Waals surface area contributed by atoms with Crippen LogP contribution < -0.4 is 5.32 Å². The van der Waals surface area contributed by atoms with E-state index < -0.39 is 5.97 Å². The first-order valence-electron chi connectivity index (χ1n) is 7.70. The van der Waals surface area contributed by atoms with E-state index in [1.54, 1.807) is 0 Å². The Labute approximate surface area is 125 Å². The number of aryl methyl sites for hydroxylation is 1. The predicted molar refractivity (Wildman–Crippen MR) is 80.9 cm³/mol. The Bertz CT molecular complexity index is 472. The van der Waals surface area contributed by atoms with Crippen LogP contribution in [0.2, 0.25) is 0 Å². The number of benzene rings is 1. The lowest BCUT2D eigenvalue weighted by atomic mass is 9.79. The van der Waals surface area contributed by atoms with Crippen LogP contribution in [0.25, 0.3) is 0 Å². The Balaban J connectivity index is 1.74. The second-order valence-corrected chi connectivity index (χ2v) is 5.78. The standard InChI is InChI=1S/C17H23NO3/c19-16(11-10-13-6-2-1-3-7-13)18-12-14-8-4-5-9-15(14)17(20)21/h1-3,6-7,14-15H,4-5,8-12H2,(H,18,19)(H,20,21)/t14-,15-/m0/s1. The summed E-state index contributed by atoms with van der Waals surface area (Å²) in [5.41, 5.74) is 1.15. The van der Waals surface area contributed by atoms with Crippen LogP contribution in [0.15, 0.2) is 30.3 Å². The van der Waals surface area contributed by atoms with Crippen molar-refractivity contribution in [3.8, 4) is 0 Å². The number of aliphatic carboxylic acids is 1. The van der Waals surface area contributed by atoms with Gasteiger partial charge in [-0.25, -0.2) is 0 Å². The predicted octanol–water partition coefficient (Wildman–Crippen LogP) is 2.63. The van der Waals surface area contributed by atoms with Crippen LogP contribution in [-0.2, 0) is 16.0 Å². The van der Waals surface area contributed by atoms with E-state index in [1.807, 2.05) is 30.3 Å². The van der Waals surface area contributed by atoms with Gasteiger partial charge in [-0.05, 0) is 30.7 Å². The maximum Gasteiger partial charge on any atom is 0.306 e. The normalized spacial score (nSPS) is 21.7. The summed E-state index contributed by atoms with van der Waals surface area (Å²) in [5, 5.41) is 12.1.